The number of hydrogen-bond donors (Lipinski definition) is 0. The molecule has 2 aromatic rings. The van der Waals surface area contributed by atoms with E-state index in [4.69, 9.17) is 0 Å². The summed E-state index contributed by atoms with van der Waals surface area (Å²) in [4.78, 5) is 4.02. The molecule has 0 bridgehead atoms. The van der Waals surface area contributed by atoms with Crippen molar-refractivity contribution in [3.63, 3.8) is 0 Å². The highest BCUT2D eigenvalue weighted by Crippen LogP contribution is 2.22. The van der Waals surface area contributed by atoms with E-state index < -0.39 is 0 Å². The molecule has 12 heavy (non-hydrogen) atoms. The van der Waals surface area contributed by atoms with Crippen LogP contribution in [0.15, 0.2) is 34.9 Å². The molecule has 2 rings (SSSR count). The number of halogens is 2. The molecule has 0 aliphatic rings. The van der Waals surface area contributed by atoms with Gasteiger partial charge in [-0.15, -0.1) is 0 Å². The standard InChI is InChI=1S/C9H5BrFN/c10-7-3-4-8-6(9(7)11)2-1-5-12-8/h1-5H. The van der Waals surface area contributed by atoms with E-state index >= 15 is 0 Å². The molecule has 1 aromatic carbocycles. The van der Waals surface area contributed by atoms with Gasteiger partial charge in [0.1, 0.15) is 5.82 Å². The summed E-state index contributed by atoms with van der Waals surface area (Å²) in [7, 11) is 0. The summed E-state index contributed by atoms with van der Waals surface area (Å²) in [6.07, 6.45) is 1.65. The molecule has 1 aromatic heterocycles. The summed E-state index contributed by atoms with van der Waals surface area (Å²) >= 11 is 3.11. The van der Waals surface area contributed by atoms with Crippen LogP contribution in [-0.2, 0) is 0 Å². The number of pyridine rings is 1. The quantitative estimate of drug-likeness (QED) is 0.672. The van der Waals surface area contributed by atoms with Crippen LogP contribution < -0.4 is 0 Å². The van der Waals surface area contributed by atoms with Gasteiger partial charge in [0.15, 0.2) is 0 Å². The molecule has 0 unspecified atom stereocenters. The van der Waals surface area contributed by atoms with Crippen LogP contribution in [0.1, 0.15) is 0 Å². The lowest BCUT2D eigenvalue weighted by Crippen LogP contribution is -1.83. The van der Waals surface area contributed by atoms with E-state index in [1.54, 1.807) is 30.5 Å². The maximum atomic E-state index is 13.3. The highest BCUT2D eigenvalue weighted by molar-refractivity contribution is 9.10. The summed E-state index contributed by atoms with van der Waals surface area (Å²) in [6.45, 7) is 0. The molecule has 3 heteroatoms. The van der Waals surface area contributed by atoms with Gasteiger partial charge in [0.2, 0.25) is 0 Å². The molecular formula is C9H5BrFN. The first-order valence-corrected chi connectivity index (χ1v) is 4.27. The topological polar surface area (TPSA) is 12.9 Å². The smallest absolute Gasteiger partial charge is 0.146 e. The fourth-order valence-electron chi connectivity index (χ4n) is 1.09. The Hall–Kier alpha value is -0.960. The summed E-state index contributed by atoms with van der Waals surface area (Å²) in [5, 5.41) is 0.548. The van der Waals surface area contributed by atoms with Crippen LogP contribution in [0, 0.1) is 5.82 Å². The first-order chi connectivity index (χ1) is 5.79. The summed E-state index contributed by atoms with van der Waals surface area (Å²) in [5.74, 6) is -0.249. The molecule has 0 saturated heterocycles. The zero-order valence-electron chi connectivity index (χ0n) is 6.09. The molecule has 0 aliphatic carbocycles. The number of aromatic nitrogens is 1. The summed E-state index contributed by atoms with van der Waals surface area (Å²) in [5.41, 5.74) is 0.679. The van der Waals surface area contributed by atoms with Crippen LogP contribution in [0.2, 0.25) is 0 Å². The Morgan fingerprint density at radius 1 is 1.25 bits per heavy atom. The first-order valence-electron chi connectivity index (χ1n) is 3.48. The van der Waals surface area contributed by atoms with Crippen molar-refractivity contribution in [3.8, 4) is 0 Å². The van der Waals surface area contributed by atoms with Gasteiger partial charge in [0, 0.05) is 11.6 Å². The van der Waals surface area contributed by atoms with Crippen molar-refractivity contribution in [1.29, 1.82) is 0 Å². The van der Waals surface area contributed by atoms with Gasteiger partial charge in [0.25, 0.3) is 0 Å². The van der Waals surface area contributed by atoms with Gasteiger partial charge >= 0.3 is 0 Å². The Labute approximate surface area is 77.4 Å². The minimum Gasteiger partial charge on any atom is -0.256 e. The molecule has 1 nitrogen and oxygen atoms in total. The lowest BCUT2D eigenvalue weighted by Gasteiger charge is -1.98. The van der Waals surface area contributed by atoms with Crippen LogP contribution in [-0.4, -0.2) is 4.98 Å². The van der Waals surface area contributed by atoms with E-state index in [0.29, 0.717) is 15.4 Å². The van der Waals surface area contributed by atoms with E-state index in [2.05, 4.69) is 20.9 Å². The SMILES string of the molecule is Fc1c(Br)ccc2ncccc12. The minimum atomic E-state index is -0.249. The van der Waals surface area contributed by atoms with Crippen molar-refractivity contribution in [2.24, 2.45) is 0 Å². The number of rotatable bonds is 0. The van der Waals surface area contributed by atoms with Crippen LogP contribution in [0.5, 0.6) is 0 Å². The summed E-state index contributed by atoms with van der Waals surface area (Å²) in [6, 6.07) is 6.87. The molecule has 60 valence electrons. The van der Waals surface area contributed by atoms with Gasteiger partial charge < -0.3 is 0 Å². The largest absolute Gasteiger partial charge is 0.256 e. The third-order valence-corrected chi connectivity index (χ3v) is 2.28. The Kier molecular flexibility index (Phi) is 1.81. The molecule has 0 fully saturated rings. The molecule has 0 atom stereocenters. The monoisotopic (exact) mass is 225 g/mol. The van der Waals surface area contributed by atoms with Crippen molar-refractivity contribution < 1.29 is 4.39 Å². The number of nitrogens with zero attached hydrogens (tertiary/aromatic N) is 1. The van der Waals surface area contributed by atoms with Gasteiger partial charge in [0.05, 0.1) is 9.99 Å². The Morgan fingerprint density at radius 2 is 2.08 bits per heavy atom. The van der Waals surface area contributed by atoms with Crippen LogP contribution in [0.3, 0.4) is 0 Å². The maximum Gasteiger partial charge on any atom is 0.146 e. The fraction of sp³-hybridized carbons (Fsp3) is 0. The van der Waals surface area contributed by atoms with E-state index in [9.17, 15) is 4.39 Å². The van der Waals surface area contributed by atoms with Crippen LogP contribution in [0.25, 0.3) is 10.9 Å². The van der Waals surface area contributed by atoms with Gasteiger partial charge in [-0.05, 0) is 40.2 Å². The third-order valence-electron chi connectivity index (χ3n) is 1.67. The second-order valence-corrected chi connectivity index (χ2v) is 3.29. The third kappa shape index (κ3) is 1.10. The van der Waals surface area contributed by atoms with E-state index in [1.165, 1.54) is 0 Å². The molecule has 0 spiro atoms. The second-order valence-electron chi connectivity index (χ2n) is 2.43. The van der Waals surface area contributed by atoms with Crippen molar-refractivity contribution in [3.05, 3.63) is 40.8 Å². The van der Waals surface area contributed by atoms with Crippen LogP contribution in [0.4, 0.5) is 4.39 Å². The van der Waals surface area contributed by atoms with Crippen LogP contribution >= 0.6 is 15.9 Å². The zero-order valence-corrected chi connectivity index (χ0v) is 7.68. The molecule has 0 radical (unpaired) electrons. The predicted octanol–water partition coefficient (Wildman–Crippen LogP) is 3.14. The van der Waals surface area contributed by atoms with E-state index in [0.717, 1.165) is 0 Å². The maximum absolute atomic E-state index is 13.3. The van der Waals surface area contributed by atoms with Gasteiger partial charge in [-0.1, -0.05) is 0 Å². The number of hydrogen-bond acceptors (Lipinski definition) is 1. The van der Waals surface area contributed by atoms with Crippen molar-refractivity contribution in [2.75, 3.05) is 0 Å². The molecule has 0 amide bonds. The first kappa shape index (κ1) is 7.68. The lowest BCUT2D eigenvalue weighted by atomic mass is 10.2. The normalized spacial score (nSPS) is 10.5. The van der Waals surface area contributed by atoms with Gasteiger partial charge in [-0.3, -0.25) is 4.98 Å². The Morgan fingerprint density at radius 3 is 2.92 bits per heavy atom. The summed E-state index contributed by atoms with van der Waals surface area (Å²) < 4.78 is 13.8. The molecule has 1 heterocycles. The number of fused-ring (bicyclic) bond motifs is 1. The molecule has 0 saturated carbocycles. The van der Waals surface area contributed by atoms with Gasteiger partial charge in [-0.2, -0.15) is 0 Å². The van der Waals surface area contributed by atoms with E-state index in [1.807, 2.05) is 0 Å². The predicted molar refractivity (Wildman–Crippen MR) is 49.4 cm³/mol. The highest BCUT2D eigenvalue weighted by Gasteiger charge is 2.03. The average Bonchev–Trinajstić information content (AvgIpc) is 2.12. The van der Waals surface area contributed by atoms with Crippen molar-refractivity contribution in [1.82, 2.24) is 4.98 Å². The average molecular weight is 226 g/mol. The van der Waals surface area contributed by atoms with Crippen molar-refractivity contribution in [2.45, 2.75) is 0 Å². The Balaban J connectivity index is 2.91. The fourth-order valence-corrected chi connectivity index (χ4v) is 1.44. The molecule has 0 aliphatic heterocycles. The highest BCUT2D eigenvalue weighted by atomic mass is 79.9. The van der Waals surface area contributed by atoms with Crippen molar-refractivity contribution >= 4 is 26.8 Å². The van der Waals surface area contributed by atoms with Gasteiger partial charge in [-0.25, -0.2) is 4.39 Å². The Bertz CT molecular complexity index is 428. The van der Waals surface area contributed by atoms with E-state index in [-0.39, 0.29) is 5.82 Å². The molecule has 0 N–H and O–H groups in total. The minimum absolute atomic E-state index is 0.249. The zero-order chi connectivity index (χ0) is 8.55. The second kappa shape index (κ2) is 2.83. The lowest BCUT2D eigenvalue weighted by molar-refractivity contribution is 0.633. The number of benzene rings is 1. The molecular weight excluding hydrogens is 221 g/mol.